The lowest BCUT2D eigenvalue weighted by Gasteiger charge is -2.47. The number of benzene rings is 1. The molecular formula is C19H28F2N2O2. The van der Waals surface area contributed by atoms with Crippen LogP contribution >= 0.6 is 0 Å². The zero-order valence-corrected chi connectivity index (χ0v) is 14.8. The first-order valence-corrected chi connectivity index (χ1v) is 9.26. The summed E-state index contributed by atoms with van der Waals surface area (Å²) in [6, 6.07) is 4.41. The first-order chi connectivity index (χ1) is 12.0. The zero-order chi connectivity index (χ0) is 17.9. The van der Waals surface area contributed by atoms with E-state index in [1.54, 1.807) is 0 Å². The number of nitrogens with one attached hydrogen (secondary N) is 1. The molecule has 25 heavy (non-hydrogen) atoms. The van der Waals surface area contributed by atoms with Crippen LogP contribution in [0.2, 0.25) is 0 Å². The van der Waals surface area contributed by atoms with Crippen LogP contribution in [0.5, 0.6) is 11.5 Å². The molecule has 1 aromatic rings. The van der Waals surface area contributed by atoms with E-state index in [-0.39, 0.29) is 17.5 Å². The fraction of sp³-hybridized carbons (Fsp3) is 0.684. The van der Waals surface area contributed by atoms with Gasteiger partial charge in [0, 0.05) is 30.7 Å². The predicted octanol–water partition coefficient (Wildman–Crippen LogP) is 4.59. The summed E-state index contributed by atoms with van der Waals surface area (Å²) in [7, 11) is 0. The molecule has 3 rings (SSSR count). The van der Waals surface area contributed by atoms with Crippen LogP contribution in [-0.2, 0) is 0 Å². The highest BCUT2D eigenvalue weighted by Gasteiger charge is 2.35. The van der Waals surface area contributed by atoms with Crippen molar-refractivity contribution in [2.45, 2.75) is 70.1 Å². The molecule has 0 aromatic heterocycles. The molecule has 2 N–H and O–H groups in total. The van der Waals surface area contributed by atoms with E-state index >= 15 is 0 Å². The highest BCUT2D eigenvalue weighted by atomic mass is 19.3. The monoisotopic (exact) mass is 354 g/mol. The molecule has 2 aliphatic rings. The number of likely N-dealkylation sites (tertiary alicyclic amines) is 1. The third kappa shape index (κ3) is 4.54. The summed E-state index contributed by atoms with van der Waals surface area (Å²) in [6.45, 7) is 1.58. The highest BCUT2D eigenvalue weighted by Crippen LogP contribution is 2.36. The molecule has 0 radical (unpaired) electrons. The Balaban J connectivity index is 1.57. The highest BCUT2D eigenvalue weighted by molar-refractivity contribution is 5.59. The number of halogens is 2. The summed E-state index contributed by atoms with van der Waals surface area (Å²) < 4.78 is 29.1. The second-order valence-electron chi connectivity index (χ2n) is 7.52. The third-order valence-electron chi connectivity index (χ3n) is 5.74. The lowest BCUT2D eigenvalue weighted by Crippen LogP contribution is -2.52. The maximum Gasteiger partial charge on any atom is 0.387 e. The van der Waals surface area contributed by atoms with Gasteiger partial charge in [0.2, 0.25) is 0 Å². The Bertz CT molecular complexity index is 569. The third-order valence-corrected chi connectivity index (χ3v) is 5.74. The molecule has 4 nitrogen and oxygen atoms in total. The Hall–Kier alpha value is -1.56. The number of phenols is 1. The van der Waals surface area contributed by atoms with Crippen LogP contribution in [0.4, 0.5) is 14.5 Å². The van der Waals surface area contributed by atoms with Crippen LogP contribution < -0.4 is 10.1 Å². The van der Waals surface area contributed by atoms with Crippen molar-refractivity contribution in [2.75, 3.05) is 18.4 Å². The largest absolute Gasteiger partial charge is 0.506 e. The molecular weight excluding hydrogens is 326 g/mol. The molecule has 0 spiro atoms. The van der Waals surface area contributed by atoms with Gasteiger partial charge in [-0.1, -0.05) is 19.3 Å². The Morgan fingerprint density at radius 1 is 1.20 bits per heavy atom. The van der Waals surface area contributed by atoms with Crippen molar-refractivity contribution in [1.82, 2.24) is 4.90 Å². The number of aromatic hydroxyl groups is 1. The summed E-state index contributed by atoms with van der Waals surface area (Å²) in [5, 5.41) is 13.3. The first kappa shape index (κ1) is 18.2. The van der Waals surface area contributed by atoms with Gasteiger partial charge < -0.3 is 15.2 Å². The van der Waals surface area contributed by atoms with Crippen molar-refractivity contribution in [1.29, 1.82) is 0 Å². The SMILES string of the molecule is CC1(N2CCC(Nc3cc(OC(F)F)ccc3O)CC2)CCCCC1. The molecule has 1 aromatic carbocycles. The fourth-order valence-corrected chi connectivity index (χ4v) is 4.22. The van der Waals surface area contributed by atoms with E-state index in [4.69, 9.17) is 0 Å². The molecule has 0 amide bonds. The van der Waals surface area contributed by atoms with Gasteiger partial charge in [0.05, 0.1) is 5.69 Å². The van der Waals surface area contributed by atoms with Crippen molar-refractivity contribution in [3.05, 3.63) is 18.2 Å². The Kier molecular flexibility index (Phi) is 5.67. The average Bonchev–Trinajstić information content (AvgIpc) is 2.59. The van der Waals surface area contributed by atoms with Crippen molar-refractivity contribution in [2.24, 2.45) is 0 Å². The number of phenolic OH excluding ortho intramolecular Hbond substituents is 1. The van der Waals surface area contributed by atoms with Crippen LogP contribution in [0.25, 0.3) is 0 Å². The summed E-state index contributed by atoms with van der Waals surface area (Å²) in [5.41, 5.74) is 0.789. The Morgan fingerprint density at radius 3 is 2.52 bits per heavy atom. The molecule has 0 unspecified atom stereocenters. The molecule has 0 bridgehead atoms. The lowest BCUT2D eigenvalue weighted by atomic mass is 9.80. The second kappa shape index (κ2) is 7.77. The zero-order valence-electron chi connectivity index (χ0n) is 14.8. The van der Waals surface area contributed by atoms with E-state index in [9.17, 15) is 13.9 Å². The first-order valence-electron chi connectivity index (χ1n) is 9.26. The average molecular weight is 354 g/mol. The van der Waals surface area contributed by atoms with Gasteiger partial charge in [0.1, 0.15) is 11.5 Å². The van der Waals surface area contributed by atoms with E-state index < -0.39 is 6.61 Å². The normalized spacial score (nSPS) is 22.1. The van der Waals surface area contributed by atoms with E-state index in [0.717, 1.165) is 25.9 Å². The van der Waals surface area contributed by atoms with Crippen LogP contribution in [-0.4, -0.2) is 41.3 Å². The van der Waals surface area contributed by atoms with Gasteiger partial charge in [-0.25, -0.2) is 0 Å². The van der Waals surface area contributed by atoms with Crippen molar-refractivity contribution >= 4 is 5.69 Å². The molecule has 1 saturated heterocycles. The molecule has 140 valence electrons. The molecule has 1 aliphatic carbocycles. The Labute approximate surface area is 148 Å². The maximum absolute atomic E-state index is 12.4. The molecule has 6 heteroatoms. The van der Waals surface area contributed by atoms with Gasteiger partial charge in [0.25, 0.3) is 0 Å². The standard InChI is InChI=1S/C19H28F2N2O2/c1-19(9-3-2-4-10-19)23-11-7-14(8-12-23)22-16-13-15(25-18(20)21)5-6-17(16)24/h5-6,13-14,18,22,24H,2-4,7-12H2,1H3. The minimum atomic E-state index is -2.86. The van der Waals surface area contributed by atoms with Crippen LogP contribution in [0, 0.1) is 0 Å². The number of anilines is 1. The number of alkyl halides is 2. The summed E-state index contributed by atoms with van der Waals surface area (Å²) in [6.07, 6.45) is 8.50. The minimum absolute atomic E-state index is 0.0578. The molecule has 1 aliphatic heterocycles. The number of hydrogen-bond acceptors (Lipinski definition) is 4. The maximum atomic E-state index is 12.4. The minimum Gasteiger partial charge on any atom is -0.506 e. The van der Waals surface area contributed by atoms with E-state index in [1.165, 1.54) is 50.3 Å². The van der Waals surface area contributed by atoms with Gasteiger partial charge in [-0.15, -0.1) is 0 Å². The quantitative estimate of drug-likeness (QED) is 0.759. The number of ether oxygens (including phenoxy) is 1. The number of rotatable bonds is 5. The topological polar surface area (TPSA) is 44.7 Å². The molecule has 2 fully saturated rings. The Morgan fingerprint density at radius 2 is 1.88 bits per heavy atom. The van der Waals surface area contributed by atoms with Crippen LogP contribution in [0.3, 0.4) is 0 Å². The summed E-state index contributed by atoms with van der Waals surface area (Å²) in [4.78, 5) is 2.61. The molecule has 1 saturated carbocycles. The van der Waals surface area contributed by atoms with Crippen LogP contribution in [0.1, 0.15) is 51.9 Å². The van der Waals surface area contributed by atoms with Gasteiger partial charge in [-0.2, -0.15) is 8.78 Å². The van der Waals surface area contributed by atoms with Crippen molar-refractivity contribution < 1.29 is 18.6 Å². The van der Waals surface area contributed by atoms with E-state index in [0.29, 0.717) is 11.2 Å². The smallest absolute Gasteiger partial charge is 0.387 e. The fourth-order valence-electron chi connectivity index (χ4n) is 4.22. The summed E-state index contributed by atoms with van der Waals surface area (Å²) in [5.74, 6) is 0.116. The van der Waals surface area contributed by atoms with Crippen molar-refractivity contribution in [3.63, 3.8) is 0 Å². The number of piperidine rings is 1. The van der Waals surface area contributed by atoms with Crippen LogP contribution in [0.15, 0.2) is 18.2 Å². The summed E-state index contributed by atoms with van der Waals surface area (Å²) >= 11 is 0. The van der Waals surface area contributed by atoms with E-state index in [1.807, 2.05) is 0 Å². The van der Waals surface area contributed by atoms with Crippen molar-refractivity contribution in [3.8, 4) is 11.5 Å². The van der Waals surface area contributed by atoms with Gasteiger partial charge in [-0.3, -0.25) is 4.90 Å². The lowest BCUT2D eigenvalue weighted by molar-refractivity contribution is -0.0498. The van der Waals surface area contributed by atoms with Gasteiger partial charge in [0.15, 0.2) is 0 Å². The van der Waals surface area contributed by atoms with Gasteiger partial charge in [-0.05, 0) is 44.7 Å². The number of hydrogen-bond donors (Lipinski definition) is 2. The molecule has 1 heterocycles. The number of nitrogens with zero attached hydrogens (tertiary/aromatic N) is 1. The van der Waals surface area contributed by atoms with Gasteiger partial charge >= 0.3 is 6.61 Å². The van der Waals surface area contributed by atoms with E-state index in [2.05, 4.69) is 21.9 Å². The molecule has 0 atom stereocenters. The predicted molar refractivity (Wildman–Crippen MR) is 94.4 cm³/mol. The second-order valence-corrected chi connectivity index (χ2v) is 7.52.